The third-order valence-electron chi connectivity index (χ3n) is 2.51. The Hall–Kier alpha value is -1.03. The Kier molecular flexibility index (Phi) is 7.47. The zero-order chi connectivity index (χ0) is 12.3. The van der Waals surface area contributed by atoms with Crippen LogP contribution < -0.4 is 10.1 Å². The van der Waals surface area contributed by atoms with E-state index in [1.54, 1.807) is 6.20 Å². The van der Waals surface area contributed by atoms with E-state index in [-0.39, 0.29) is 0 Å². The zero-order valence-electron chi connectivity index (χ0n) is 11.1. The van der Waals surface area contributed by atoms with Crippen LogP contribution in [0.4, 0.5) is 0 Å². The van der Waals surface area contributed by atoms with Crippen LogP contribution in [0.15, 0.2) is 12.4 Å². The largest absolute Gasteiger partial charge is 0.490 e. The van der Waals surface area contributed by atoms with Gasteiger partial charge in [0.1, 0.15) is 0 Å². The summed E-state index contributed by atoms with van der Waals surface area (Å²) in [6.07, 6.45) is 8.33. The summed E-state index contributed by atoms with van der Waals surface area (Å²) in [6.45, 7) is 8.28. The first-order valence-electron chi connectivity index (χ1n) is 6.72. The lowest BCUT2D eigenvalue weighted by Crippen LogP contribution is -2.16. The minimum absolute atomic E-state index is 0.783. The van der Waals surface area contributed by atoms with Crippen molar-refractivity contribution in [2.75, 3.05) is 19.7 Å². The molecule has 0 bridgehead atoms. The lowest BCUT2D eigenvalue weighted by molar-refractivity contribution is 0.305. The highest BCUT2D eigenvalue weighted by Gasteiger charge is 1.98. The summed E-state index contributed by atoms with van der Waals surface area (Å²) in [5, 5.41) is 7.61. The summed E-state index contributed by atoms with van der Waals surface area (Å²) < 4.78 is 7.56. The normalized spacial score (nSPS) is 10.7. The van der Waals surface area contributed by atoms with Gasteiger partial charge in [-0.15, -0.1) is 0 Å². The summed E-state index contributed by atoms with van der Waals surface area (Å²) in [4.78, 5) is 0. The molecule has 17 heavy (non-hydrogen) atoms. The predicted molar refractivity (Wildman–Crippen MR) is 70.4 cm³/mol. The number of rotatable bonds is 10. The minimum atomic E-state index is 0.783. The molecule has 0 saturated carbocycles. The van der Waals surface area contributed by atoms with Crippen molar-refractivity contribution < 1.29 is 4.74 Å². The van der Waals surface area contributed by atoms with E-state index in [0.29, 0.717) is 0 Å². The fraction of sp³-hybridized carbons (Fsp3) is 0.769. The molecule has 4 heteroatoms. The topological polar surface area (TPSA) is 39.1 Å². The molecule has 0 fully saturated rings. The molecule has 1 N–H and O–H groups in total. The van der Waals surface area contributed by atoms with E-state index in [9.17, 15) is 0 Å². The van der Waals surface area contributed by atoms with E-state index in [2.05, 4.69) is 24.3 Å². The van der Waals surface area contributed by atoms with Gasteiger partial charge in [0.25, 0.3) is 0 Å². The molecule has 0 aliphatic heterocycles. The molecule has 1 rings (SSSR count). The smallest absolute Gasteiger partial charge is 0.157 e. The Bertz CT molecular complexity index is 286. The Morgan fingerprint density at radius 2 is 2.12 bits per heavy atom. The maximum atomic E-state index is 5.63. The molecule has 0 aliphatic carbocycles. The average molecular weight is 239 g/mol. The number of aryl methyl sites for hydroxylation is 1. The molecule has 98 valence electrons. The van der Waals surface area contributed by atoms with Crippen LogP contribution in [0.2, 0.25) is 0 Å². The highest BCUT2D eigenvalue weighted by Crippen LogP contribution is 2.09. The summed E-state index contributed by atoms with van der Waals surface area (Å²) in [5.41, 5.74) is 0. The van der Waals surface area contributed by atoms with Crippen LogP contribution in [-0.4, -0.2) is 29.5 Å². The second kappa shape index (κ2) is 9.05. The highest BCUT2D eigenvalue weighted by atomic mass is 16.5. The Balaban J connectivity index is 2.01. The van der Waals surface area contributed by atoms with Crippen molar-refractivity contribution in [3.8, 4) is 5.75 Å². The highest BCUT2D eigenvalue weighted by molar-refractivity contribution is 5.11. The van der Waals surface area contributed by atoms with Crippen molar-refractivity contribution in [1.29, 1.82) is 0 Å². The van der Waals surface area contributed by atoms with E-state index in [1.165, 1.54) is 12.8 Å². The van der Waals surface area contributed by atoms with Gasteiger partial charge >= 0.3 is 0 Å². The zero-order valence-corrected chi connectivity index (χ0v) is 11.1. The maximum absolute atomic E-state index is 5.63. The number of nitrogens with zero attached hydrogens (tertiary/aromatic N) is 2. The Labute approximate surface area is 104 Å². The van der Waals surface area contributed by atoms with E-state index in [1.807, 2.05) is 10.9 Å². The number of unbranched alkanes of at least 4 members (excludes halogenated alkanes) is 1. The van der Waals surface area contributed by atoms with E-state index in [0.717, 1.165) is 44.8 Å². The summed E-state index contributed by atoms with van der Waals surface area (Å²) >= 11 is 0. The number of nitrogens with one attached hydrogen (secondary N) is 1. The van der Waals surface area contributed by atoms with Crippen LogP contribution in [0.1, 0.15) is 39.5 Å². The van der Waals surface area contributed by atoms with Crippen molar-refractivity contribution in [2.24, 2.45) is 0 Å². The van der Waals surface area contributed by atoms with Gasteiger partial charge in [-0.2, -0.15) is 5.10 Å². The van der Waals surface area contributed by atoms with Crippen LogP contribution in [-0.2, 0) is 6.54 Å². The van der Waals surface area contributed by atoms with Crippen molar-refractivity contribution in [3.63, 3.8) is 0 Å². The molecule has 0 atom stereocenters. The quantitative estimate of drug-likeness (QED) is 0.637. The van der Waals surface area contributed by atoms with Gasteiger partial charge in [0, 0.05) is 6.54 Å². The van der Waals surface area contributed by atoms with Crippen LogP contribution in [0, 0.1) is 0 Å². The second-order valence-electron chi connectivity index (χ2n) is 4.24. The van der Waals surface area contributed by atoms with Crippen molar-refractivity contribution in [2.45, 2.75) is 46.1 Å². The molecule has 0 aromatic carbocycles. The van der Waals surface area contributed by atoms with E-state index < -0.39 is 0 Å². The molecule has 1 aromatic heterocycles. The Morgan fingerprint density at radius 3 is 2.88 bits per heavy atom. The van der Waals surface area contributed by atoms with Gasteiger partial charge in [-0.05, 0) is 38.8 Å². The van der Waals surface area contributed by atoms with Gasteiger partial charge in [0.2, 0.25) is 0 Å². The molecule has 4 nitrogen and oxygen atoms in total. The molecule has 1 heterocycles. The van der Waals surface area contributed by atoms with Gasteiger partial charge in [0.05, 0.1) is 19.0 Å². The molecule has 0 unspecified atom stereocenters. The summed E-state index contributed by atoms with van der Waals surface area (Å²) in [6, 6.07) is 0. The minimum Gasteiger partial charge on any atom is -0.490 e. The summed E-state index contributed by atoms with van der Waals surface area (Å²) in [5.74, 6) is 0.889. The molecule has 0 amide bonds. The molecular formula is C13H25N3O. The van der Waals surface area contributed by atoms with Crippen LogP contribution in [0.25, 0.3) is 0 Å². The SMILES string of the molecule is CCCNCCCCOc1cnn(CCC)c1. The number of aromatic nitrogens is 2. The first kappa shape index (κ1) is 14.0. The van der Waals surface area contributed by atoms with Gasteiger partial charge in [-0.25, -0.2) is 0 Å². The van der Waals surface area contributed by atoms with Gasteiger partial charge < -0.3 is 10.1 Å². The van der Waals surface area contributed by atoms with Gasteiger partial charge in [-0.3, -0.25) is 4.68 Å². The van der Waals surface area contributed by atoms with Crippen molar-refractivity contribution in [3.05, 3.63) is 12.4 Å². The monoisotopic (exact) mass is 239 g/mol. The molecule has 1 aromatic rings. The molecular weight excluding hydrogens is 214 g/mol. The lowest BCUT2D eigenvalue weighted by atomic mass is 10.3. The van der Waals surface area contributed by atoms with Crippen LogP contribution in [0.5, 0.6) is 5.75 Å². The van der Waals surface area contributed by atoms with Gasteiger partial charge in [0.15, 0.2) is 5.75 Å². The fourth-order valence-corrected chi connectivity index (χ4v) is 1.61. The maximum Gasteiger partial charge on any atom is 0.157 e. The third kappa shape index (κ3) is 6.31. The van der Waals surface area contributed by atoms with Crippen LogP contribution in [0.3, 0.4) is 0 Å². The van der Waals surface area contributed by atoms with E-state index >= 15 is 0 Å². The first-order chi connectivity index (χ1) is 8.36. The standard InChI is InChI=1S/C13H25N3O/c1-3-7-14-8-5-6-10-17-13-11-15-16(12-13)9-4-2/h11-12,14H,3-10H2,1-2H3. The fourth-order valence-electron chi connectivity index (χ4n) is 1.61. The molecule has 0 spiro atoms. The average Bonchev–Trinajstić information content (AvgIpc) is 2.76. The second-order valence-corrected chi connectivity index (χ2v) is 4.24. The number of ether oxygens (including phenoxy) is 1. The molecule has 0 radical (unpaired) electrons. The molecule has 0 aliphatic rings. The number of hydrogen-bond donors (Lipinski definition) is 1. The van der Waals surface area contributed by atoms with Crippen molar-refractivity contribution >= 4 is 0 Å². The predicted octanol–water partition coefficient (Wildman–Crippen LogP) is 2.45. The first-order valence-corrected chi connectivity index (χ1v) is 6.72. The van der Waals surface area contributed by atoms with Crippen molar-refractivity contribution in [1.82, 2.24) is 15.1 Å². The third-order valence-corrected chi connectivity index (χ3v) is 2.51. The lowest BCUT2D eigenvalue weighted by Gasteiger charge is -2.04. The van der Waals surface area contributed by atoms with E-state index in [4.69, 9.17) is 4.74 Å². The summed E-state index contributed by atoms with van der Waals surface area (Å²) in [7, 11) is 0. The Morgan fingerprint density at radius 1 is 1.24 bits per heavy atom. The molecule has 0 saturated heterocycles. The number of hydrogen-bond acceptors (Lipinski definition) is 3. The van der Waals surface area contributed by atoms with Crippen LogP contribution >= 0.6 is 0 Å². The van der Waals surface area contributed by atoms with Gasteiger partial charge in [-0.1, -0.05) is 13.8 Å².